The number of esters is 1. The van der Waals surface area contributed by atoms with Gasteiger partial charge in [-0.2, -0.15) is 0 Å². The summed E-state index contributed by atoms with van der Waals surface area (Å²) in [5.74, 6) is -0.359. The molecule has 0 bridgehead atoms. The molecule has 0 rings (SSSR count). The van der Waals surface area contributed by atoms with Crippen molar-refractivity contribution in [2.24, 2.45) is 0 Å². The summed E-state index contributed by atoms with van der Waals surface area (Å²) in [5.41, 5.74) is 0.457. The van der Waals surface area contributed by atoms with Gasteiger partial charge in [0.25, 0.3) is 0 Å². The van der Waals surface area contributed by atoms with Crippen LogP contribution < -0.4 is 0 Å². The summed E-state index contributed by atoms with van der Waals surface area (Å²) in [7, 11) is 1.34. The molecular weight excluding hydrogens is 156 g/mol. The number of hydrogen-bond donors (Lipinski definition) is 0. The lowest BCUT2D eigenvalue weighted by Gasteiger charge is -2.07. The molecule has 0 fully saturated rings. The van der Waals surface area contributed by atoms with Crippen LogP contribution in [-0.4, -0.2) is 25.8 Å². The summed E-state index contributed by atoms with van der Waals surface area (Å²) in [6.07, 6.45) is 0.723. The van der Waals surface area contributed by atoms with Crippen LogP contribution in [0.1, 0.15) is 20.3 Å². The normalized spacial score (nSPS) is 10.0. The summed E-state index contributed by atoms with van der Waals surface area (Å²) >= 11 is 0. The minimum absolute atomic E-state index is 0.190. The Hall–Kier alpha value is -0.830. The third-order valence-corrected chi connectivity index (χ3v) is 1.33. The Kier molecular flexibility index (Phi) is 5.37. The molecule has 0 aliphatic rings. The van der Waals surface area contributed by atoms with Gasteiger partial charge in [0.05, 0.1) is 19.8 Å². The standard InChI is InChI=1S/C9H16O3/c1-7(2)12-6-5-8(3)9(10)11-4/h7H,3,5-6H2,1-2,4H3. The average molecular weight is 172 g/mol. The van der Waals surface area contributed by atoms with E-state index in [0.29, 0.717) is 18.6 Å². The predicted molar refractivity (Wildman–Crippen MR) is 46.9 cm³/mol. The van der Waals surface area contributed by atoms with Crippen LogP contribution in [0.5, 0.6) is 0 Å². The molecule has 0 aromatic rings. The van der Waals surface area contributed by atoms with Gasteiger partial charge in [0.2, 0.25) is 0 Å². The summed E-state index contributed by atoms with van der Waals surface area (Å²) < 4.78 is 9.71. The fourth-order valence-electron chi connectivity index (χ4n) is 0.664. The molecule has 0 saturated heterocycles. The van der Waals surface area contributed by atoms with Gasteiger partial charge in [-0.25, -0.2) is 4.79 Å². The summed E-state index contributed by atoms with van der Waals surface area (Å²) in [4.78, 5) is 10.8. The van der Waals surface area contributed by atoms with E-state index in [-0.39, 0.29) is 12.1 Å². The Morgan fingerprint density at radius 2 is 2.08 bits per heavy atom. The second kappa shape index (κ2) is 5.77. The summed E-state index contributed by atoms with van der Waals surface area (Å²) in [5, 5.41) is 0. The highest BCUT2D eigenvalue weighted by Crippen LogP contribution is 2.01. The fraction of sp³-hybridized carbons (Fsp3) is 0.667. The Balaban J connectivity index is 3.51. The van der Waals surface area contributed by atoms with Crippen LogP contribution in [0.4, 0.5) is 0 Å². The third-order valence-electron chi connectivity index (χ3n) is 1.33. The second-order valence-electron chi connectivity index (χ2n) is 2.76. The van der Waals surface area contributed by atoms with Crippen molar-refractivity contribution in [2.45, 2.75) is 26.4 Å². The number of rotatable bonds is 5. The van der Waals surface area contributed by atoms with Crippen LogP contribution >= 0.6 is 0 Å². The van der Waals surface area contributed by atoms with Crippen molar-refractivity contribution < 1.29 is 14.3 Å². The molecule has 0 N–H and O–H groups in total. The molecule has 0 heterocycles. The van der Waals surface area contributed by atoms with E-state index in [0.717, 1.165) is 0 Å². The minimum Gasteiger partial charge on any atom is -0.466 e. The molecule has 0 amide bonds. The molecular formula is C9H16O3. The molecule has 0 spiro atoms. The molecule has 3 nitrogen and oxygen atoms in total. The number of carbonyl (C=O) groups is 1. The number of ether oxygens (including phenoxy) is 2. The summed E-state index contributed by atoms with van der Waals surface area (Å²) in [6.45, 7) is 7.98. The molecule has 3 heteroatoms. The SMILES string of the molecule is C=C(CCOC(C)C)C(=O)OC. The van der Waals surface area contributed by atoms with Gasteiger partial charge in [-0.15, -0.1) is 0 Å². The zero-order valence-corrected chi connectivity index (χ0v) is 7.92. The highest BCUT2D eigenvalue weighted by molar-refractivity contribution is 5.87. The molecule has 0 unspecified atom stereocenters. The third kappa shape index (κ3) is 4.91. The van der Waals surface area contributed by atoms with E-state index in [1.807, 2.05) is 13.8 Å². The van der Waals surface area contributed by atoms with Gasteiger partial charge in [-0.3, -0.25) is 0 Å². The highest BCUT2D eigenvalue weighted by atomic mass is 16.5. The van der Waals surface area contributed by atoms with Gasteiger partial charge in [0.15, 0.2) is 0 Å². The van der Waals surface area contributed by atoms with E-state index in [2.05, 4.69) is 11.3 Å². The lowest BCUT2D eigenvalue weighted by molar-refractivity contribution is -0.136. The first-order valence-electron chi connectivity index (χ1n) is 3.95. The van der Waals surface area contributed by atoms with Crippen LogP contribution in [0.25, 0.3) is 0 Å². The molecule has 0 atom stereocenters. The Bertz CT molecular complexity index is 161. The van der Waals surface area contributed by atoms with Gasteiger partial charge < -0.3 is 9.47 Å². The lowest BCUT2D eigenvalue weighted by Crippen LogP contribution is -2.09. The van der Waals surface area contributed by atoms with Crippen molar-refractivity contribution in [2.75, 3.05) is 13.7 Å². The smallest absolute Gasteiger partial charge is 0.333 e. The molecule has 70 valence electrons. The second-order valence-corrected chi connectivity index (χ2v) is 2.76. The van der Waals surface area contributed by atoms with Crippen molar-refractivity contribution in [3.8, 4) is 0 Å². The predicted octanol–water partition coefficient (Wildman–Crippen LogP) is 1.53. The van der Waals surface area contributed by atoms with E-state index in [1.165, 1.54) is 7.11 Å². The summed E-state index contributed by atoms with van der Waals surface area (Å²) in [6, 6.07) is 0. The van der Waals surface area contributed by atoms with Crippen molar-refractivity contribution >= 4 is 5.97 Å². The van der Waals surface area contributed by atoms with E-state index in [4.69, 9.17) is 4.74 Å². The van der Waals surface area contributed by atoms with Gasteiger partial charge in [-0.1, -0.05) is 6.58 Å². The monoisotopic (exact) mass is 172 g/mol. The molecule has 0 aromatic heterocycles. The minimum atomic E-state index is -0.359. The maximum Gasteiger partial charge on any atom is 0.333 e. The van der Waals surface area contributed by atoms with Crippen LogP contribution in [-0.2, 0) is 14.3 Å². The van der Waals surface area contributed by atoms with Crippen molar-refractivity contribution in [1.82, 2.24) is 0 Å². The highest BCUT2D eigenvalue weighted by Gasteiger charge is 2.05. The maximum atomic E-state index is 10.8. The average Bonchev–Trinajstić information content (AvgIpc) is 2.02. The first-order valence-corrected chi connectivity index (χ1v) is 3.95. The lowest BCUT2D eigenvalue weighted by atomic mass is 10.2. The quantitative estimate of drug-likeness (QED) is 0.466. The first kappa shape index (κ1) is 11.2. The van der Waals surface area contributed by atoms with Crippen LogP contribution in [0.15, 0.2) is 12.2 Å². The molecule has 0 aliphatic carbocycles. The van der Waals surface area contributed by atoms with Crippen molar-refractivity contribution in [3.63, 3.8) is 0 Å². The van der Waals surface area contributed by atoms with Crippen LogP contribution in [0.2, 0.25) is 0 Å². The first-order chi connectivity index (χ1) is 5.57. The molecule has 0 radical (unpaired) electrons. The number of methoxy groups -OCH3 is 1. The zero-order valence-electron chi connectivity index (χ0n) is 7.92. The number of carbonyl (C=O) groups excluding carboxylic acids is 1. The molecule has 0 aliphatic heterocycles. The zero-order chi connectivity index (χ0) is 9.56. The van der Waals surface area contributed by atoms with Crippen molar-refractivity contribution in [3.05, 3.63) is 12.2 Å². The Morgan fingerprint density at radius 1 is 1.50 bits per heavy atom. The fourth-order valence-corrected chi connectivity index (χ4v) is 0.664. The van der Waals surface area contributed by atoms with Gasteiger partial charge in [-0.05, 0) is 13.8 Å². The molecule has 0 saturated carbocycles. The van der Waals surface area contributed by atoms with Gasteiger partial charge in [0.1, 0.15) is 0 Å². The number of hydrogen-bond acceptors (Lipinski definition) is 3. The topological polar surface area (TPSA) is 35.5 Å². The van der Waals surface area contributed by atoms with E-state index < -0.39 is 0 Å². The van der Waals surface area contributed by atoms with Gasteiger partial charge >= 0.3 is 5.97 Å². The van der Waals surface area contributed by atoms with E-state index >= 15 is 0 Å². The van der Waals surface area contributed by atoms with Gasteiger partial charge in [0, 0.05) is 12.0 Å². The van der Waals surface area contributed by atoms with E-state index in [9.17, 15) is 4.79 Å². The van der Waals surface area contributed by atoms with Crippen LogP contribution in [0.3, 0.4) is 0 Å². The van der Waals surface area contributed by atoms with E-state index in [1.54, 1.807) is 0 Å². The molecule has 0 aromatic carbocycles. The maximum absolute atomic E-state index is 10.8. The van der Waals surface area contributed by atoms with Crippen molar-refractivity contribution in [1.29, 1.82) is 0 Å². The Morgan fingerprint density at radius 3 is 2.50 bits per heavy atom. The Labute approximate surface area is 73.4 Å². The molecule has 12 heavy (non-hydrogen) atoms. The largest absolute Gasteiger partial charge is 0.466 e. The van der Waals surface area contributed by atoms with Crippen LogP contribution in [0, 0.1) is 0 Å².